The number of nitrogens with one attached hydrogen (secondary N) is 1. The van der Waals surface area contributed by atoms with E-state index in [1.165, 1.54) is 0 Å². The smallest absolute Gasteiger partial charge is 0.433 e. The zero-order valence-corrected chi connectivity index (χ0v) is 13.1. The highest BCUT2D eigenvalue weighted by atomic mass is 19.4. The number of amides is 1. The van der Waals surface area contributed by atoms with Crippen LogP contribution in [0.4, 0.5) is 13.2 Å². The highest BCUT2D eigenvalue weighted by Gasteiger charge is 2.37. The normalized spacial score (nSPS) is 18.2. The van der Waals surface area contributed by atoms with Crippen molar-refractivity contribution >= 4 is 17.6 Å². The van der Waals surface area contributed by atoms with E-state index in [2.05, 4.69) is 20.5 Å². The van der Waals surface area contributed by atoms with Gasteiger partial charge in [0.1, 0.15) is 30.3 Å². The van der Waals surface area contributed by atoms with Crippen molar-refractivity contribution in [2.75, 3.05) is 6.61 Å². The van der Waals surface area contributed by atoms with E-state index in [0.29, 0.717) is 6.07 Å². The summed E-state index contributed by atoms with van der Waals surface area (Å²) in [5.74, 6) is -2.16. The van der Waals surface area contributed by atoms with E-state index in [9.17, 15) is 22.8 Å². The van der Waals surface area contributed by atoms with E-state index in [0.717, 1.165) is 6.33 Å². The number of aromatic nitrogens is 2. The van der Waals surface area contributed by atoms with Crippen molar-refractivity contribution < 1.29 is 27.5 Å². The number of hydrogen-bond donors (Lipinski definition) is 1. The Bertz CT molecular complexity index is 695. The summed E-state index contributed by atoms with van der Waals surface area (Å²) in [5, 5.41) is 3.70. The van der Waals surface area contributed by atoms with Crippen LogP contribution in [0.1, 0.15) is 32.2 Å². The molecule has 0 radical (unpaired) electrons. The molecule has 0 fully saturated rings. The van der Waals surface area contributed by atoms with Gasteiger partial charge in [-0.1, -0.05) is 0 Å². The predicted octanol–water partition coefficient (Wildman–Crippen LogP) is 1.53. The minimum Gasteiger partial charge on any atom is -0.464 e. The second-order valence-corrected chi connectivity index (χ2v) is 6.16. The molecule has 1 aromatic rings. The van der Waals surface area contributed by atoms with Crippen molar-refractivity contribution in [3.05, 3.63) is 23.8 Å². The number of carbonyl (C=O) groups is 2. The Morgan fingerprint density at radius 2 is 1.96 bits per heavy atom. The maximum Gasteiger partial charge on any atom is 0.433 e. The average Bonchev–Trinajstić information content (AvgIpc) is 2.84. The summed E-state index contributed by atoms with van der Waals surface area (Å²) in [7, 11) is 0. The van der Waals surface area contributed by atoms with E-state index >= 15 is 0 Å². The minimum atomic E-state index is -4.65. The standard InChI is InChI=1S/C14H15F3N4O3/c1-13(2,3)12(23)24-5-7-10(20-21-11(7)22)8-4-9(14(15,16)17)19-6-18-8/h4,6-7H,5H2,1-3H3,(H,21,22). The van der Waals surface area contributed by atoms with Gasteiger partial charge in [-0.25, -0.2) is 15.4 Å². The number of ether oxygens (including phenoxy) is 1. The molecular formula is C14H15F3N4O3. The average molecular weight is 344 g/mol. The van der Waals surface area contributed by atoms with Crippen LogP contribution in [-0.4, -0.2) is 34.2 Å². The quantitative estimate of drug-likeness (QED) is 0.840. The number of nitrogens with zero attached hydrogens (tertiary/aromatic N) is 3. The Labute approximate surface area is 135 Å². The Morgan fingerprint density at radius 3 is 2.54 bits per heavy atom. The Morgan fingerprint density at radius 1 is 1.29 bits per heavy atom. The zero-order valence-electron chi connectivity index (χ0n) is 13.1. The monoisotopic (exact) mass is 344 g/mol. The van der Waals surface area contributed by atoms with Crippen LogP contribution in [0.25, 0.3) is 0 Å². The summed E-state index contributed by atoms with van der Waals surface area (Å²) in [6, 6.07) is 0.692. The van der Waals surface area contributed by atoms with Gasteiger partial charge in [0.2, 0.25) is 0 Å². The molecule has 7 nitrogen and oxygen atoms in total. The van der Waals surface area contributed by atoms with Gasteiger partial charge in [0, 0.05) is 0 Å². The topological polar surface area (TPSA) is 93.5 Å². The first-order valence-electron chi connectivity index (χ1n) is 6.94. The summed E-state index contributed by atoms with van der Waals surface area (Å²) in [4.78, 5) is 30.5. The van der Waals surface area contributed by atoms with Crippen LogP contribution in [0, 0.1) is 11.3 Å². The highest BCUT2D eigenvalue weighted by Crippen LogP contribution is 2.28. The lowest BCUT2D eigenvalue weighted by molar-refractivity contribution is -0.154. The van der Waals surface area contributed by atoms with Gasteiger partial charge in [-0.2, -0.15) is 18.3 Å². The van der Waals surface area contributed by atoms with Gasteiger partial charge in [0.15, 0.2) is 0 Å². The SMILES string of the molecule is CC(C)(C)C(=O)OCC1C(=O)NN=C1c1cc(C(F)(F)F)ncn1. The van der Waals surface area contributed by atoms with Gasteiger partial charge in [-0.05, 0) is 26.8 Å². The van der Waals surface area contributed by atoms with Crippen molar-refractivity contribution in [1.82, 2.24) is 15.4 Å². The second kappa shape index (κ2) is 6.17. The first-order valence-corrected chi connectivity index (χ1v) is 6.94. The zero-order chi connectivity index (χ0) is 18.1. The fourth-order valence-electron chi connectivity index (χ4n) is 1.81. The van der Waals surface area contributed by atoms with Gasteiger partial charge in [0.05, 0.1) is 11.1 Å². The number of esters is 1. The van der Waals surface area contributed by atoms with Gasteiger partial charge >= 0.3 is 12.1 Å². The van der Waals surface area contributed by atoms with E-state index in [1.54, 1.807) is 20.8 Å². The fourth-order valence-corrected chi connectivity index (χ4v) is 1.81. The number of carbonyl (C=O) groups excluding carboxylic acids is 2. The molecule has 1 N–H and O–H groups in total. The fraction of sp³-hybridized carbons (Fsp3) is 0.500. The molecule has 0 aliphatic carbocycles. The van der Waals surface area contributed by atoms with Crippen LogP contribution in [0.5, 0.6) is 0 Å². The molecule has 1 atom stereocenters. The molecule has 0 saturated carbocycles. The summed E-state index contributed by atoms with van der Waals surface area (Å²) in [6.45, 7) is 4.57. The number of hydrazone groups is 1. The van der Waals surface area contributed by atoms with Crippen molar-refractivity contribution in [2.45, 2.75) is 26.9 Å². The third kappa shape index (κ3) is 3.87. The lowest BCUT2D eigenvalue weighted by atomic mass is 9.97. The molecular weight excluding hydrogens is 329 g/mol. The number of rotatable bonds is 3. The van der Waals surface area contributed by atoms with Crippen molar-refractivity contribution in [3.8, 4) is 0 Å². The lowest BCUT2D eigenvalue weighted by Gasteiger charge is -2.18. The number of hydrogen-bond acceptors (Lipinski definition) is 6. The molecule has 10 heteroatoms. The van der Waals surface area contributed by atoms with E-state index in [4.69, 9.17) is 4.74 Å². The van der Waals surface area contributed by atoms with Gasteiger partial charge in [-0.3, -0.25) is 9.59 Å². The maximum absolute atomic E-state index is 12.7. The molecule has 2 rings (SSSR count). The number of alkyl halides is 3. The molecule has 1 aliphatic rings. The van der Waals surface area contributed by atoms with Crippen molar-refractivity contribution in [1.29, 1.82) is 0 Å². The third-order valence-electron chi connectivity index (χ3n) is 3.15. The summed E-state index contributed by atoms with van der Waals surface area (Å²) in [5.41, 5.74) is 0.0366. The molecule has 0 saturated heterocycles. The number of halogens is 3. The Kier molecular flexibility index (Phi) is 4.59. The summed E-state index contributed by atoms with van der Waals surface area (Å²) < 4.78 is 43.3. The van der Waals surface area contributed by atoms with Gasteiger partial charge in [0.25, 0.3) is 5.91 Å². The van der Waals surface area contributed by atoms with Crippen molar-refractivity contribution in [3.63, 3.8) is 0 Å². The minimum absolute atomic E-state index is 0.0328. The molecule has 2 heterocycles. The molecule has 1 unspecified atom stereocenters. The first-order chi connectivity index (χ1) is 11.0. The van der Waals surface area contributed by atoms with Crippen LogP contribution < -0.4 is 5.43 Å². The maximum atomic E-state index is 12.7. The first kappa shape index (κ1) is 17.8. The molecule has 130 valence electrons. The predicted molar refractivity (Wildman–Crippen MR) is 75.6 cm³/mol. The second-order valence-electron chi connectivity index (χ2n) is 6.16. The van der Waals surface area contributed by atoms with Gasteiger partial charge < -0.3 is 4.74 Å². The van der Waals surface area contributed by atoms with Crippen molar-refractivity contribution in [2.24, 2.45) is 16.4 Å². The van der Waals surface area contributed by atoms with Crippen LogP contribution in [0.3, 0.4) is 0 Å². The Hall–Kier alpha value is -2.52. The largest absolute Gasteiger partial charge is 0.464 e. The summed E-state index contributed by atoms with van der Waals surface area (Å²) >= 11 is 0. The van der Waals surface area contributed by atoms with Crippen LogP contribution in [0.15, 0.2) is 17.5 Å². The molecule has 0 spiro atoms. The molecule has 1 aliphatic heterocycles. The van der Waals surface area contributed by atoms with Gasteiger partial charge in [-0.15, -0.1) is 0 Å². The Balaban J connectivity index is 2.21. The molecule has 1 amide bonds. The van der Waals surface area contributed by atoms with Crippen LogP contribution in [0.2, 0.25) is 0 Å². The molecule has 1 aromatic heterocycles. The molecule has 0 aromatic carbocycles. The summed E-state index contributed by atoms with van der Waals surface area (Å²) in [6.07, 6.45) is -3.91. The van der Waals surface area contributed by atoms with E-state index < -0.39 is 35.1 Å². The lowest BCUT2D eigenvalue weighted by Crippen LogP contribution is -2.32. The molecule has 24 heavy (non-hydrogen) atoms. The van der Waals surface area contributed by atoms with Crippen LogP contribution >= 0.6 is 0 Å². The third-order valence-corrected chi connectivity index (χ3v) is 3.15. The highest BCUT2D eigenvalue weighted by molar-refractivity contribution is 6.15. The van der Waals surface area contributed by atoms with Crippen LogP contribution in [-0.2, 0) is 20.5 Å². The molecule has 0 bridgehead atoms. The van der Waals surface area contributed by atoms with E-state index in [1.807, 2.05) is 0 Å². The van der Waals surface area contributed by atoms with E-state index in [-0.39, 0.29) is 18.0 Å².